The molecule has 0 saturated carbocycles. The molecule has 1 aromatic carbocycles. The number of aryl methyl sites for hydroxylation is 2. The first-order chi connectivity index (χ1) is 9.06. The summed E-state index contributed by atoms with van der Waals surface area (Å²) in [6.45, 7) is 3.66. The third kappa shape index (κ3) is 1.92. The Balaban J connectivity index is 2.36. The van der Waals surface area contributed by atoms with E-state index in [1.54, 1.807) is 13.0 Å². The molecule has 96 valence electrons. The predicted molar refractivity (Wildman–Crippen MR) is 74.7 cm³/mol. The predicted octanol–water partition coefficient (Wildman–Crippen LogP) is 3.24. The van der Waals surface area contributed by atoms with E-state index in [9.17, 15) is 9.90 Å². The van der Waals surface area contributed by atoms with Gasteiger partial charge >= 0.3 is 0 Å². The van der Waals surface area contributed by atoms with E-state index in [1.807, 2.05) is 12.3 Å². The Morgan fingerprint density at radius 2 is 2.11 bits per heavy atom. The number of hydrogen-bond acceptors (Lipinski definition) is 5. The smallest absolute Gasteiger partial charge is 0.202 e. The maximum absolute atomic E-state index is 12.5. The van der Waals surface area contributed by atoms with Crippen molar-refractivity contribution in [3.63, 3.8) is 0 Å². The second-order valence-electron chi connectivity index (χ2n) is 4.37. The van der Waals surface area contributed by atoms with Gasteiger partial charge in [0.1, 0.15) is 17.6 Å². The van der Waals surface area contributed by atoms with Crippen molar-refractivity contribution in [2.24, 2.45) is 0 Å². The highest BCUT2D eigenvalue weighted by Crippen LogP contribution is 2.25. The van der Waals surface area contributed by atoms with Gasteiger partial charge in [-0.25, -0.2) is 4.98 Å². The minimum absolute atomic E-state index is 0.0883. The number of nitrogens with zero attached hydrogens (tertiary/aromatic N) is 1. The lowest BCUT2D eigenvalue weighted by atomic mass is 10.1. The van der Waals surface area contributed by atoms with Crippen molar-refractivity contribution in [1.29, 1.82) is 0 Å². The largest absolute Gasteiger partial charge is 0.508 e. The lowest BCUT2D eigenvalue weighted by molar-refractivity contribution is 0.473. The number of phenols is 1. The number of fused-ring (bicyclic) bond motifs is 1. The van der Waals surface area contributed by atoms with Crippen molar-refractivity contribution in [3.8, 4) is 17.0 Å². The molecule has 0 saturated heterocycles. The summed E-state index contributed by atoms with van der Waals surface area (Å²) in [7, 11) is 0. The molecule has 0 aliphatic rings. The van der Waals surface area contributed by atoms with Gasteiger partial charge in [-0.2, -0.15) is 0 Å². The van der Waals surface area contributed by atoms with Gasteiger partial charge in [0, 0.05) is 11.4 Å². The van der Waals surface area contributed by atoms with Gasteiger partial charge in [-0.05, 0) is 25.5 Å². The second kappa shape index (κ2) is 4.20. The van der Waals surface area contributed by atoms with Crippen molar-refractivity contribution in [2.75, 3.05) is 0 Å². The van der Waals surface area contributed by atoms with Crippen LogP contribution in [0.3, 0.4) is 0 Å². The van der Waals surface area contributed by atoms with Gasteiger partial charge in [-0.15, -0.1) is 11.3 Å². The van der Waals surface area contributed by atoms with E-state index in [1.165, 1.54) is 23.7 Å². The maximum atomic E-state index is 12.5. The van der Waals surface area contributed by atoms with Gasteiger partial charge in [0.15, 0.2) is 0 Å². The standard InChI is InChI=1S/C14H11NO3S/c1-7-3-9(16)4-12-13(7)14(17)10(5-18-12)11-6-19-8(2)15-11/h3-6,16H,1-2H3. The van der Waals surface area contributed by atoms with Crippen LogP contribution in [0.4, 0.5) is 0 Å². The molecule has 0 radical (unpaired) electrons. The Morgan fingerprint density at radius 1 is 1.32 bits per heavy atom. The number of hydrogen-bond donors (Lipinski definition) is 1. The van der Waals surface area contributed by atoms with Crippen LogP contribution in [-0.2, 0) is 0 Å². The zero-order valence-corrected chi connectivity index (χ0v) is 11.2. The topological polar surface area (TPSA) is 63.3 Å². The molecule has 3 rings (SSSR count). The monoisotopic (exact) mass is 273 g/mol. The first-order valence-corrected chi connectivity index (χ1v) is 6.62. The van der Waals surface area contributed by atoms with Crippen molar-refractivity contribution < 1.29 is 9.52 Å². The van der Waals surface area contributed by atoms with Crippen molar-refractivity contribution in [3.05, 3.63) is 44.6 Å². The molecule has 3 aromatic rings. The molecular formula is C14H11NO3S. The summed E-state index contributed by atoms with van der Waals surface area (Å²) in [4.78, 5) is 16.8. The zero-order valence-electron chi connectivity index (χ0n) is 10.4. The molecule has 0 atom stereocenters. The summed E-state index contributed by atoms with van der Waals surface area (Å²) in [6, 6.07) is 3.00. The van der Waals surface area contributed by atoms with Crippen molar-refractivity contribution >= 4 is 22.3 Å². The van der Waals surface area contributed by atoms with Gasteiger partial charge in [0.2, 0.25) is 5.43 Å². The molecule has 19 heavy (non-hydrogen) atoms. The van der Waals surface area contributed by atoms with E-state index in [0.29, 0.717) is 27.8 Å². The van der Waals surface area contributed by atoms with Crippen molar-refractivity contribution in [1.82, 2.24) is 4.98 Å². The third-order valence-corrected chi connectivity index (χ3v) is 3.73. The lowest BCUT2D eigenvalue weighted by Crippen LogP contribution is -2.06. The Kier molecular flexibility index (Phi) is 2.64. The summed E-state index contributed by atoms with van der Waals surface area (Å²) in [5, 5.41) is 12.7. The highest BCUT2D eigenvalue weighted by Gasteiger charge is 2.13. The minimum Gasteiger partial charge on any atom is -0.508 e. The van der Waals surface area contributed by atoms with Crippen molar-refractivity contribution in [2.45, 2.75) is 13.8 Å². The minimum atomic E-state index is -0.121. The van der Waals surface area contributed by atoms with E-state index < -0.39 is 0 Å². The van der Waals surface area contributed by atoms with E-state index in [-0.39, 0.29) is 11.2 Å². The Bertz CT molecular complexity index is 832. The number of thiazole rings is 1. The molecule has 1 N–H and O–H groups in total. The van der Waals surface area contributed by atoms with E-state index in [4.69, 9.17) is 4.42 Å². The Labute approximate surface area is 113 Å². The maximum Gasteiger partial charge on any atom is 0.202 e. The number of benzene rings is 1. The molecule has 0 bridgehead atoms. The average molecular weight is 273 g/mol. The van der Waals surface area contributed by atoms with Crippen LogP contribution in [0, 0.1) is 13.8 Å². The van der Waals surface area contributed by atoms with Crippen LogP contribution in [0.2, 0.25) is 0 Å². The van der Waals surface area contributed by atoms with Gasteiger partial charge in [-0.1, -0.05) is 0 Å². The zero-order chi connectivity index (χ0) is 13.6. The number of aromatic nitrogens is 1. The SMILES string of the molecule is Cc1nc(-c2coc3cc(O)cc(C)c3c2=O)cs1. The fraction of sp³-hybridized carbons (Fsp3) is 0.143. The Hall–Kier alpha value is -2.14. The van der Waals surface area contributed by atoms with Crippen LogP contribution in [0.25, 0.3) is 22.2 Å². The molecule has 0 aliphatic carbocycles. The average Bonchev–Trinajstić information content (AvgIpc) is 2.75. The summed E-state index contributed by atoms with van der Waals surface area (Å²) >= 11 is 1.49. The summed E-state index contributed by atoms with van der Waals surface area (Å²) in [6.07, 6.45) is 1.40. The van der Waals surface area contributed by atoms with Gasteiger partial charge < -0.3 is 9.52 Å². The number of phenolic OH excluding ortho intramolecular Hbond substituents is 1. The van der Waals surface area contributed by atoms with Crippen LogP contribution >= 0.6 is 11.3 Å². The second-order valence-corrected chi connectivity index (χ2v) is 5.43. The highest BCUT2D eigenvalue weighted by molar-refractivity contribution is 7.09. The summed E-state index contributed by atoms with van der Waals surface area (Å²) in [5.74, 6) is 0.0883. The van der Waals surface area contributed by atoms with Crippen LogP contribution in [0.5, 0.6) is 5.75 Å². The molecule has 0 aliphatic heterocycles. The third-order valence-electron chi connectivity index (χ3n) is 2.95. The fourth-order valence-electron chi connectivity index (χ4n) is 2.09. The molecule has 0 amide bonds. The van der Waals surface area contributed by atoms with Gasteiger partial charge in [0.25, 0.3) is 0 Å². The van der Waals surface area contributed by atoms with Crippen LogP contribution in [0.1, 0.15) is 10.6 Å². The summed E-state index contributed by atoms with van der Waals surface area (Å²) < 4.78 is 5.45. The van der Waals surface area contributed by atoms with Gasteiger partial charge in [-0.3, -0.25) is 4.79 Å². The lowest BCUT2D eigenvalue weighted by Gasteiger charge is -2.03. The first kappa shape index (κ1) is 11.9. The molecule has 4 nitrogen and oxygen atoms in total. The molecule has 2 heterocycles. The normalized spacial score (nSPS) is 11.1. The van der Waals surface area contributed by atoms with E-state index in [0.717, 1.165) is 5.01 Å². The molecular weight excluding hydrogens is 262 g/mol. The summed E-state index contributed by atoms with van der Waals surface area (Å²) in [5.41, 5.74) is 2.04. The van der Waals surface area contributed by atoms with Crippen LogP contribution in [-0.4, -0.2) is 10.1 Å². The Morgan fingerprint density at radius 3 is 2.79 bits per heavy atom. The molecule has 0 fully saturated rings. The van der Waals surface area contributed by atoms with E-state index in [2.05, 4.69) is 4.98 Å². The van der Waals surface area contributed by atoms with Gasteiger partial charge in [0.05, 0.1) is 21.7 Å². The van der Waals surface area contributed by atoms with E-state index >= 15 is 0 Å². The molecule has 0 unspecified atom stereocenters. The molecule has 0 spiro atoms. The quantitative estimate of drug-likeness (QED) is 0.739. The highest BCUT2D eigenvalue weighted by atomic mass is 32.1. The molecule has 5 heteroatoms. The van der Waals surface area contributed by atoms with Crippen LogP contribution < -0.4 is 5.43 Å². The first-order valence-electron chi connectivity index (χ1n) is 5.74. The fourth-order valence-corrected chi connectivity index (χ4v) is 2.71. The number of aromatic hydroxyl groups is 1. The van der Waals surface area contributed by atoms with Crippen LogP contribution in [0.15, 0.2) is 33.0 Å². The number of rotatable bonds is 1. The molecule has 2 aromatic heterocycles.